The highest BCUT2D eigenvalue weighted by atomic mass is 32.2. The van der Waals surface area contributed by atoms with E-state index in [1.54, 1.807) is 6.92 Å². The van der Waals surface area contributed by atoms with Gasteiger partial charge in [-0.25, -0.2) is 12.8 Å². The minimum atomic E-state index is -3.91. The molecule has 2 rings (SSSR count). The zero-order chi connectivity index (χ0) is 15.8. The average Bonchev–Trinajstić information content (AvgIpc) is 2.37. The van der Waals surface area contributed by atoms with Crippen LogP contribution in [-0.2, 0) is 10.0 Å². The van der Waals surface area contributed by atoms with E-state index in [9.17, 15) is 17.9 Å². The summed E-state index contributed by atoms with van der Waals surface area (Å²) in [6.45, 7) is 1.84. The quantitative estimate of drug-likeness (QED) is 0.810. The number of β-amino-alcohol motifs (C(OH)–C–C–N with tert-alkyl or cyclic N) is 1. The van der Waals surface area contributed by atoms with Gasteiger partial charge >= 0.3 is 0 Å². The van der Waals surface area contributed by atoms with E-state index in [0.29, 0.717) is 12.8 Å². The zero-order valence-electron chi connectivity index (χ0n) is 12.0. The van der Waals surface area contributed by atoms with Crippen LogP contribution in [-0.4, -0.2) is 43.6 Å². The first-order valence-electron chi connectivity index (χ1n) is 6.53. The lowest BCUT2D eigenvalue weighted by molar-refractivity contribution is 0.00940. The van der Waals surface area contributed by atoms with Crippen LogP contribution in [0.4, 0.5) is 10.1 Å². The van der Waals surface area contributed by atoms with E-state index in [1.165, 1.54) is 13.2 Å². The van der Waals surface area contributed by atoms with Crippen molar-refractivity contribution in [3.05, 3.63) is 17.9 Å². The molecule has 1 fully saturated rings. The number of aliphatic hydroxyl groups is 1. The maximum atomic E-state index is 13.8. The molecule has 0 bridgehead atoms. The van der Waals surface area contributed by atoms with Gasteiger partial charge in [0.05, 0.1) is 23.3 Å². The summed E-state index contributed by atoms with van der Waals surface area (Å²) in [6.07, 6.45) is 1.07. The third kappa shape index (κ3) is 3.12. The Morgan fingerprint density at radius 3 is 2.67 bits per heavy atom. The Morgan fingerprint density at radius 2 is 2.14 bits per heavy atom. The fourth-order valence-corrected chi connectivity index (χ4v) is 4.13. The third-order valence-corrected chi connectivity index (χ3v) is 5.35. The summed E-state index contributed by atoms with van der Waals surface area (Å²) >= 11 is 0. The summed E-state index contributed by atoms with van der Waals surface area (Å²) in [6, 6.07) is 2.05. The fourth-order valence-electron chi connectivity index (χ4n) is 2.48. The van der Waals surface area contributed by atoms with Crippen LogP contribution < -0.4 is 10.5 Å². The van der Waals surface area contributed by atoms with E-state index in [1.807, 2.05) is 0 Å². The Morgan fingerprint density at radius 1 is 1.48 bits per heavy atom. The molecule has 1 atom stereocenters. The van der Waals surface area contributed by atoms with E-state index in [0.717, 1.165) is 10.4 Å². The minimum absolute atomic E-state index is 0.0249. The van der Waals surface area contributed by atoms with Crippen molar-refractivity contribution in [2.24, 2.45) is 0 Å². The van der Waals surface area contributed by atoms with Gasteiger partial charge in [0, 0.05) is 13.1 Å². The Hall–Kier alpha value is -1.38. The van der Waals surface area contributed by atoms with Crippen LogP contribution in [0.2, 0.25) is 0 Å². The van der Waals surface area contributed by atoms with Gasteiger partial charge in [0.25, 0.3) is 0 Å². The first-order valence-corrected chi connectivity index (χ1v) is 7.97. The fraction of sp³-hybridized carbons (Fsp3) is 0.538. The van der Waals surface area contributed by atoms with Crippen molar-refractivity contribution in [1.29, 1.82) is 0 Å². The molecule has 1 aromatic carbocycles. The van der Waals surface area contributed by atoms with Crippen LogP contribution in [0, 0.1) is 5.82 Å². The molecule has 8 heteroatoms. The highest BCUT2D eigenvalue weighted by Gasteiger charge is 2.36. The van der Waals surface area contributed by atoms with Gasteiger partial charge in [0.1, 0.15) is 0 Å². The van der Waals surface area contributed by atoms with Gasteiger partial charge < -0.3 is 15.6 Å². The number of rotatable bonds is 3. The number of benzene rings is 1. The molecule has 118 valence electrons. The van der Waals surface area contributed by atoms with Gasteiger partial charge in [-0.05, 0) is 31.9 Å². The summed E-state index contributed by atoms with van der Waals surface area (Å²) in [5.41, 5.74) is 4.45. The molecule has 0 amide bonds. The number of hydrogen-bond donors (Lipinski definition) is 2. The summed E-state index contributed by atoms with van der Waals surface area (Å²) in [5, 5.41) is 10.0. The molecule has 0 spiro atoms. The van der Waals surface area contributed by atoms with E-state index < -0.39 is 21.4 Å². The zero-order valence-corrected chi connectivity index (χ0v) is 12.8. The molecule has 1 heterocycles. The predicted octanol–water partition coefficient (Wildman–Crippen LogP) is 0.952. The monoisotopic (exact) mass is 318 g/mol. The first-order chi connectivity index (χ1) is 9.67. The predicted molar refractivity (Wildman–Crippen MR) is 76.0 cm³/mol. The molecule has 1 aromatic rings. The average molecular weight is 318 g/mol. The highest BCUT2D eigenvalue weighted by molar-refractivity contribution is 7.89. The Balaban J connectivity index is 2.40. The molecule has 6 nitrogen and oxygen atoms in total. The van der Waals surface area contributed by atoms with Crippen LogP contribution in [0.3, 0.4) is 0 Å². The number of nitrogen functional groups attached to an aromatic ring is 1. The molecule has 1 unspecified atom stereocenters. The molecule has 0 radical (unpaired) electrons. The molecule has 1 saturated heterocycles. The summed E-state index contributed by atoms with van der Waals surface area (Å²) < 4.78 is 44.8. The Bertz CT molecular complexity index is 623. The van der Waals surface area contributed by atoms with Crippen LogP contribution in [0.25, 0.3) is 0 Å². The summed E-state index contributed by atoms with van der Waals surface area (Å²) in [4.78, 5) is -0.240. The van der Waals surface area contributed by atoms with E-state index in [4.69, 9.17) is 10.5 Å². The molecular formula is C13H19FN2O4S. The van der Waals surface area contributed by atoms with Gasteiger partial charge in [-0.15, -0.1) is 0 Å². The number of hydrogen-bond acceptors (Lipinski definition) is 5. The Kier molecular flexibility index (Phi) is 4.14. The van der Waals surface area contributed by atoms with Crippen LogP contribution in [0.15, 0.2) is 17.0 Å². The largest absolute Gasteiger partial charge is 0.492 e. The van der Waals surface area contributed by atoms with Gasteiger partial charge in [-0.1, -0.05) is 0 Å². The van der Waals surface area contributed by atoms with Gasteiger partial charge in [0.15, 0.2) is 11.6 Å². The molecule has 1 aliphatic rings. The minimum Gasteiger partial charge on any atom is -0.492 e. The molecule has 1 aliphatic heterocycles. The Labute approximate surface area is 123 Å². The van der Waals surface area contributed by atoms with Crippen molar-refractivity contribution < 1.29 is 22.7 Å². The van der Waals surface area contributed by atoms with Crippen LogP contribution >= 0.6 is 0 Å². The number of sulfonamides is 1. The molecule has 0 saturated carbocycles. The molecule has 3 N–H and O–H groups in total. The lowest BCUT2D eigenvalue weighted by Crippen LogP contribution is -2.48. The second-order valence-electron chi connectivity index (χ2n) is 5.47. The SMILES string of the molecule is COc1c(N)cc(S(=O)(=O)N2CCCC(C)(O)C2)cc1F. The van der Waals surface area contributed by atoms with E-state index in [2.05, 4.69) is 0 Å². The number of methoxy groups -OCH3 is 1. The van der Waals surface area contributed by atoms with Crippen LogP contribution in [0.1, 0.15) is 19.8 Å². The van der Waals surface area contributed by atoms with Crippen molar-refractivity contribution in [1.82, 2.24) is 4.31 Å². The normalized spacial score (nSPS) is 24.0. The second-order valence-corrected chi connectivity index (χ2v) is 7.40. The number of ether oxygens (including phenoxy) is 1. The number of anilines is 1. The summed E-state index contributed by atoms with van der Waals surface area (Å²) in [7, 11) is -2.65. The van der Waals surface area contributed by atoms with Crippen molar-refractivity contribution in [3.63, 3.8) is 0 Å². The van der Waals surface area contributed by atoms with E-state index in [-0.39, 0.29) is 29.4 Å². The first kappa shape index (κ1) is 16.0. The van der Waals surface area contributed by atoms with Crippen molar-refractivity contribution in [2.75, 3.05) is 25.9 Å². The van der Waals surface area contributed by atoms with Gasteiger partial charge in [0.2, 0.25) is 10.0 Å². The summed E-state index contributed by atoms with van der Waals surface area (Å²) in [5.74, 6) is -1.01. The number of nitrogens with two attached hydrogens (primary N) is 1. The topological polar surface area (TPSA) is 92.9 Å². The lowest BCUT2D eigenvalue weighted by atomic mass is 9.97. The third-order valence-electron chi connectivity index (χ3n) is 3.53. The van der Waals surface area contributed by atoms with Crippen molar-refractivity contribution in [2.45, 2.75) is 30.3 Å². The maximum absolute atomic E-state index is 13.8. The van der Waals surface area contributed by atoms with Crippen molar-refractivity contribution in [3.8, 4) is 5.75 Å². The molecule has 0 aliphatic carbocycles. The lowest BCUT2D eigenvalue weighted by Gasteiger charge is -2.36. The van der Waals surface area contributed by atoms with Crippen LogP contribution in [0.5, 0.6) is 5.75 Å². The number of nitrogens with zero attached hydrogens (tertiary/aromatic N) is 1. The van der Waals surface area contributed by atoms with Gasteiger partial charge in [-0.2, -0.15) is 4.31 Å². The molecule has 0 aromatic heterocycles. The smallest absolute Gasteiger partial charge is 0.243 e. The standard InChI is InChI=1S/C13H19FN2O4S/c1-13(17)4-3-5-16(8-13)21(18,19)9-6-10(14)12(20-2)11(15)7-9/h6-7,17H,3-5,8,15H2,1-2H3. The number of piperidine rings is 1. The number of halogens is 1. The maximum Gasteiger partial charge on any atom is 0.243 e. The molecule has 21 heavy (non-hydrogen) atoms. The second kappa shape index (κ2) is 5.43. The highest BCUT2D eigenvalue weighted by Crippen LogP contribution is 2.31. The van der Waals surface area contributed by atoms with E-state index >= 15 is 0 Å². The van der Waals surface area contributed by atoms with Crippen molar-refractivity contribution >= 4 is 15.7 Å². The molecular weight excluding hydrogens is 299 g/mol. The van der Waals surface area contributed by atoms with Gasteiger partial charge in [-0.3, -0.25) is 0 Å².